The molecular formula is C64H44O8. The monoisotopic (exact) mass is 940 g/mol. The van der Waals surface area contributed by atoms with Crippen molar-refractivity contribution in [1.29, 1.82) is 0 Å². The number of phenols is 2. The number of phenolic OH excluding ortho intramolecular Hbond substituents is 2. The molecule has 0 saturated carbocycles. The molecule has 0 spiro atoms. The number of ketones is 2. The third-order valence-electron chi connectivity index (χ3n) is 13.3. The first-order chi connectivity index (χ1) is 34.8. The zero-order valence-corrected chi connectivity index (χ0v) is 39.7. The minimum Gasteiger partial charge on any atom is -0.507 e. The standard InChI is InChI=1S/2C32H22O4/c2*1-18-10-12-28(33)25(14-18)30(34)21-16-24(23-9-5-7-20-6-3-4-8-22(20)23)32-27(17-21)31(35)26-15-19(2)11-13-29(26)36-32/h2*3-17,33H,1-2H3. The fourth-order valence-electron chi connectivity index (χ4n) is 9.70. The molecule has 348 valence electrons. The highest BCUT2D eigenvalue weighted by atomic mass is 16.3. The summed E-state index contributed by atoms with van der Waals surface area (Å²) in [7, 11) is 0. The predicted octanol–water partition coefficient (Wildman–Crippen LogP) is 14.6. The first kappa shape index (κ1) is 45.1. The Kier molecular flexibility index (Phi) is 11.2. The van der Waals surface area contributed by atoms with Crippen LogP contribution in [0.2, 0.25) is 0 Å². The molecule has 0 bridgehead atoms. The Morgan fingerprint density at radius 1 is 0.361 bits per heavy atom. The highest BCUT2D eigenvalue weighted by molar-refractivity contribution is 6.17. The van der Waals surface area contributed by atoms with Crippen molar-refractivity contribution >= 4 is 77.0 Å². The van der Waals surface area contributed by atoms with Crippen LogP contribution >= 0.6 is 0 Å². The van der Waals surface area contributed by atoms with Crippen molar-refractivity contribution in [2.45, 2.75) is 27.7 Å². The van der Waals surface area contributed by atoms with E-state index in [0.717, 1.165) is 54.9 Å². The third kappa shape index (κ3) is 7.95. The van der Waals surface area contributed by atoms with E-state index in [0.29, 0.717) is 66.1 Å². The van der Waals surface area contributed by atoms with E-state index in [9.17, 15) is 29.4 Å². The zero-order chi connectivity index (χ0) is 49.9. The lowest BCUT2D eigenvalue weighted by Crippen LogP contribution is -2.08. The molecule has 2 heterocycles. The van der Waals surface area contributed by atoms with Gasteiger partial charge in [-0.1, -0.05) is 131 Å². The van der Waals surface area contributed by atoms with Crippen molar-refractivity contribution in [3.05, 3.63) is 247 Å². The number of hydrogen-bond donors (Lipinski definition) is 2. The molecule has 0 aliphatic carbocycles. The molecule has 12 aromatic rings. The van der Waals surface area contributed by atoms with Crippen LogP contribution in [0.1, 0.15) is 54.1 Å². The number of carbonyl (C=O) groups is 2. The lowest BCUT2D eigenvalue weighted by molar-refractivity contribution is 0.102. The van der Waals surface area contributed by atoms with Crippen LogP contribution in [0.4, 0.5) is 0 Å². The lowest BCUT2D eigenvalue weighted by Gasteiger charge is -2.13. The van der Waals surface area contributed by atoms with Gasteiger partial charge in [-0.25, -0.2) is 0 Å². The fraction of sp³-hybridized carbons (Fsp3) is 0.0625. The Balaban J connectivity index is 0.000000156. The van der Waals surface area contributed by atoms with Gasteiger partial charge in [0.2, 0.25) is 10.9 Å². The van der Waals surface area contributed by atoms with Gasteiger partial charge in [0.1, 0.15) is 33.8 Å². The van der Waals surface area contributed by atoms with E-state index in [1.54, 1.807) is 60.7 Å². The maximum absolute atomic E-state index is 13.7. The van der Waals surface area contributed by atoms with E-state index in [-0.39, 0.29) is 45.0 Å². The predicted molar refractivity (Wildman–Crippen MR) is 288 cm³/mol. The lowest BCUT2D eigenvalue weighted by atomic mass is 9.92. The maximum Gasteiger partial charge on any atom is 0.200 e. The molecule has 0 unspecified atom stereocenters. The third-order valence-corrected chi connectivity index (χ3v) is 13.3. The second-order valence-electron chi connectivity index (χ2n) is 18.4. The SMILES string of the molecule is Cc1ccc(O)c(C(=O)c2cc(-c3cccc4ccccc34)c3oc4ccc(C)cc4c(=O)c3c2)c1.Cc1ccc(O)c(C(=O)c2cc(-c3cccc4ccccc34)c3oc4ccc(C)cc4c(=O)c3c2)c1. The summed E-state index contributed by atoms with van der Waals surface area (Å²) in [6.45, 7) is 7.57. The fourth-order valence-corrected chi connectivity index (χ4v) is 9.70. The average Bonchev–Trinajstić information content (AvgIpc) is 3.39. The summed E-state index contributed by atoms with van der Waals surface area (Å²) >= 11 is 0. The molecule has 0 aliphatic rings. The van der Waals surface area contributed by atoms with E-state index in [4.69, 9.17) is 8.83 Å². The van der Waals surface area contributed by atoms with Crippen molar-refractivity contribution in [2.24, 2.45) is 0 Å². The van der Waals surface area contributed by atoms with Crippen LogP contribution in [-0.4, -0.2) is 21.8 Å². The molecule has 8 heteroatoms. The van der Waals surface area contributed by atoms with Gasteiger partial charge in [-0.2, -0.15) is 0 Å². The minimum atomic E-state index is -0.358. The van der Waals surface area contributed by atoms with E-state index in [1.807, 2.05) is 137 Å². The Morgan fingerprint density at radius 3 is 1.17 bits per heavy atom. The van der Waals surface area contributed by atoms with Crippen molar-refractivity contribution in [2.75, 3.05) is 0 Å². The summed E-state index contributed by atoms with van der Waals surface area (Å²) in [4.78, 5) is 54.7. The van der Waals surface area contributed by atoms with E-state index >= 15 is 0 Å². The molecule has 12 rings (SSSR count). The van der Waals surface area contributed by atoms with Gasteiger partial charge in [-0.3, -0.25) is 19.2 Å². The number of aromatic hydroxyl groups is 2. The molecule has 0 atom stereocenters. The summed E-state index contributed by atoms with van der Waals surface area (Å²) in [5, 5.41) is 26.5. The van der Waals surface area contributed by atoms with Crippen molar-refractivity contribution in [3.8, 4) is 33.8 Å². The molecular weight excluding hydrogens is 897 g/mol. The quantitative estimate of drug-likeness (QED) is 0.124. The topological polar surface area (TPSA) is 135 Å². The average molecular weight is 941 g/mol. The summed E-state index contributed by atoms with van der Waals surface area (Å²) in [5.41, 5.74) is 9.08. The van der Waals surface area contributed by atoms with Gasteiger partial charge in [0, 0.05) is 22.3 Å². The molecule has 72 heavy (non-hydrogen) atoms. The molecule has 0 saturated heterocycles. The number of carbonyl (C=O) groups excluding carboxylic acids is 2. The number of aryl methyl sites for hydroxylation is 4. The number of hydrogen-bond acceptors (Lipinski definition) is 8. The van der Waals surface area contributed by atoms with Crippen LogP contribution in [-0.2, 0) is 0 Å². The smallest absolute Gasteiger partial charge is 0.200 e. The zero-order valence-electron chi connectivity index (χ0n) is 39.7. The summed E-state index contributed by atoms with van der Waals surface area (Å²) < 4.78 is 12.7. The first-order valence-corrected chi connectivity index (χ1v) is 23.5. The molecule has 0 radical (unpaired) electrons. The molecule has 8 nitrogen and oxygen atoms in total. The second-order valence-corrected chi connectivity index (χ2v) is 18.4. The van der Waals surface area contributed by atoms with Crippen LogP contribution in [0, 0.1) is 27.7 Å². The molecule has 10 aromatic carbocycles. The second kappa shape index (κ2) is 17.8. The highest BCUT2D eigenvalue weighted by Gasteiger charge is 2.23. The van der Waals surface area contributed by atoms with Gasteiger partial charge in [0.05, 0.1) is 32.7 Å². The van der Waals surface area contributed by atoms with Gasteiger partial charge in [-0.15, -0.1) is 0 Å². The molecule has 0 fully saturated rings. The van der Waals surface area contributed by atoms with E-state index < -0.39 is 0 Å². The molecule has 0 aliphatic heterocycles. The van der Waals surface area contributed by atoms with Gasteiger partial charge in [0.15, 0.2) is 11.6 Å². The van der Waals surface area contributed by atoms with Gasteiger partial charge < -0.3 is 19.0 Å². The van der Waals surface area contributed by atoms with E-state index in [2.05, 4.69) is 0 Å². The van der Waals surface area contributed by atoms with Gasteiger partial charge in [0.25, 0.3) is 0 Å². The van der Waals surface area contributed by atoms with Crippen LogP contribution in [0.15, 0.2) is 200 Å². The Labute approximate surface area is 412 Å². The Bertz CT molecular complexity index is 4090. The first-order valence-electron chi connectivity index (χ1n) is 23.5. The molecule has 2 N–H and O–H groups in total. The van der Waals surface area contributed by atoms with Gasteiger partial charge in [-0.05, 0) is 133 Å². The molecule has 2 aromatic heterocycles. The number of rotatable bonds is 6. The van der Waals surface area contributed by atoms with Crippen molar-refractivity contribution in [1.82, 2.24) is 0 Å². The van der Waals surface area contributed by atoms with Crippen LogP contribution in [0.5, 0.6) is 11.5 Å². The van der Waals surface area contributed by atoms with E-state index in [1.165, 1.54) is 12.1 Å². The summed E-state index contributed by atoms with van der Waals surface area (Å²) in [6, 6.07) is 55.4. The Morgan fingerprint density at radius 2 is 0.736 bits per heavy atom. The highest BCUT2D eigenvalue weighted by Crippen LogP contribution is 2.39. The van der Waals surface area contributed by atoms with Crippen LogP contribution in [0.3, 0.4) is 0 Å². The van der Waals surface area contributed by atoms with Crippen LogP contribution in [0.25, 0.3) is 87.7 Å². The summed E-state index contributed by atoms with van der Waals surface area (Å²) in [5.74, 6) is -0.913. The van der Waals surface area contributed by atoms with Crippen molar-refractivity contribution < 1.29 is 28.6 Å². The van der Waals surface area contributed by atoms with Crippen LogP contribution < -0.4 is 10.9 Å². The van der Waals surface area contributed by atoms with Gasteiger partial charge >= 0.3 is 0 Å². The number of fused-ring (bicyclic) bond motifs is 6. The normalized spacial score (nSPS) is 11.4. The largest absolute Gasteiger partial charge is 0.507 e. The summed E-state index contributed by atoms with van der Waals surface area (Å²) in [6.07, 6.45) is 0. The number of benzene rings is 10. The minimum absolute atomic E-state index is 0.0985. The molecule has 0 amide bonds. The maximum atomic E-state index is 13.7. The van der Waals surface area contributed by atoms with Crippen molar-refractivity contribution in [3.63, 3.8) is 0 Å². The Hall–Kier alpha value is -9.40.